The molecule has 0 N–H and O–H groups in total. The van der Waals surface area contributed by atoms with Crippen LogP contribution in [0.5, 0.6) is 11.5 Å². The van der Waals surface area contributed by atoms with Crippen molar-refractivity contribution < 1.29 is 9.47 Å². The molecule has 1 aliphatic carbocycles. The summed E-state index contributed by atoms with van der Waals surface area (Å²) in [6, 6.07) is 2.12. The van der Waals surface area contributed by atoms with Crippen LogP contribution < -0.4 is 9.47 Å². The minimum atomic E-state index is 0.550. The fraction of sp³-hybridized carbons (Fsp3) is 0.647. The van der Waals surface area contributed by atoms with Crippen molar-refractivity contribution in [1.82, 2.24) is 0 Å². The standard InChI is InChI=1S/C17H26O2/c1-10(2)13-8-7-11(3)15-14(18-5)9-12(4)17(19-6)16(13)15/h9-11,13H,7-8H2,1-6H3. The maximum atomic E-state index is 5.72. The van der Waals surface area contributed by atoms with Crippen molar-refractivity contribution >= 4 is 0 Å². The number of methoxy groups -OCH3 is 2. The quantitative estimate of drug-likeness (QED) is 0.789. The molecule has 2 unspecified atom stereocenters. The molecule has 1 aromatic rings. The molecule has 19 heavy (non-hydrogen) atoms. The molecular weight excluding hydrogens is 236 g/mol. The van der Waals surface area contributed by atoms with Crippen molar-refractivity contribution in [2.75, 3.05) is 14.2 Å². The normalized spacial score (nSPS) is 22.3. The molecule has 0 bridgehead atoms. The van der Waals surface area contributed by atoms with E-state index < -0.39 is 0 Å². The van der Waals surface area contributed by atoms with Crippen molar-refractivity contribution in [3.63, 3.8) is 0 Å². The zero-order chi connectivity index (χ0) is 14.2. The molecule has 0 spiro atoms. The van der Waals surface area contributed by atoms with Gasteiger partial charge in [0.2, 0.25) is 0 Å². The Kier molecular flexibility index (Phi) is 4.07. The van der Waals surface area contributed by atoms with Crippen LogP contribution in [-0.2, 0) is 0 Å². The fourth-order valence-electron chi connectivity index (χ4n) is 3.51. The van der Waals surface area contributed by atoms with Gasteiger partial charge in [-0.2, -0.15) is 0 Å². The summed E-state index contributed by atoms with van der Waals surface area (Å²) in [6.07, 6.45) is 2.48. The van der Waals surface area contributed by atoms with Crippen LogP contribution >= 0.6 is 0 Å². The van der Waals surface area contributed by atoms with E-state index >= 15 is 0 Å². The summed E-state index contributed by atoms with van der Waals surface area (Å²) in [5.41, 5.74) is 3.95. The van der Waals surface area contributed by atoms with Gasteiger partial charge in [-0.25, -0.2) is 0 Å². The Bertz CT molecular complexity index is 463. The Morgan fingerprint density at radius 3 is 2.32 bits per heavy atom. The first-order chi connectivity index (χ1) is 9.01. The lowest BCUT2D eigenvalue weighted by atomic mass is 9.71. The Morgan fingerprint density at radius 1 is 1.11 bits per heavy atom. The highest BCUT2D eigenvalue weighted by molar-refractivity contribution is 5.57. The monoisotopic (exact) mass is 262 g/mol. The van der Waals surface area contributed by atoms with Crippen molar-refractivity contribution in [2.45, 2.75) is 52.4 Å². The SMILES string of the molecule is COc1cc(C)c(OC)c2c1C(C)CCC2C(C)C. The average molecular weight is 262 g/mol. The molecule has 0 aromatic heterocycles. The van der Waals surface area contributed by atoms with E-state index in [-0.39, 0.29) is 0 Å². The molecule has 0 saturated heterocycles. The Labute approximate surface area is 117 Å². The maximum absolute atomic E-state index is 5.72. The summed E-state index contributed by atoms with van der Waals surface area (Å²) in [5.74, 6) is 3.86. The van der Waals surface area contributed by atoms with Gasteiger partial charge in [-0.05, 0) is 49.1 Å². The van der Waals surface area contributed by atoms with E-state index in [1.807, 2.05) is 0 Å². The van der Waals surface area contributed by atoms with Gasteiger partial charge in [0.05, 0.1) is 14.2 Å². The van der Waals surface area contributed by atoms with Gasteiger partial charge in [0.15, 0.2) is 0 Å². The Balaban J connectivity index is 2.72. The molecule has 0 aliphatic heterocycles. The number of ether oxygens (including phenoxy) is 2. The zero-order valence-corrected chi connectivity index (χ0v) is 13.0. The van der Waals surface area contributed by atoms with Gasteiger partial charge in [0.1, 0.15) is 11.5 Å². The first-order valence-corrected chi connectivity index (χ1v) is 7.26. The summed E-state index contributed by atoms with van der Waals surface area (Å²) in [6.45, 7) is 9.02. The molecule has 1 aromatic carbocycles. The minimum absolute atomic E-state index is 0.550. The van der Waals surface area contributed by atoms with Crippen molar-refractivity contribution in [2.24, 2.45) is 5.92 Å². The van der Waals surface area contributed by atoms with Gasteiger partial charge in [0.25, 0.3) is 0 Å². The molecule has 0 amide bonds. The molecule has 0 radical (unpaired) electrons. The molecule has 0 heterocycles. The number of hydrogen-bond acceptors (Lipinski definition) is 2. The van der Waals surface area contributed by atoms with E-state index in [2.05, 4.69) is 33.8 Å². The second kappa shape index (κ2) is 5.44. The van der Waals surface area contributed by atoms with E-state index in [1.54, 1.807) is 14.2 Å². The second-order valence-corrected chi connectivity index (χ2v) is 6.09. The third-order valence-electron chi connectivity index (χ3n) is 4.51. The van der Waals surface area contributed by atoms with E-state index in [9.17, 15) is 0 Å². The Morgan fingerprint density at radius 2 is 1.79 bits per heavy atom. The van der Waals surface area contributed by atoms with Gasteiger partial charge >= 0.3 is 0 Å². The van der Waals surface area contributed by atoms with Gasteiger partial charge in [-0.1, -0.05) is 20.8 Å². The van der Waals surface area contributed by atoms with Gasteiger partial charge < -0.3 is 9.47 Å². The maximum Gasteiger partial charge on any atom is 0.125 e. The van der Waals surface area contributed by atoms with Crippen LogP contribution in [0, 0.1) is 12.8 Å². The van der Waals surface area contributed by atoms with Gasteiger partial charge in [-0.3, -0.25) is 0 Å². The second-order valence-electron chi connectivity index (χ2n) is 6.09. The zero-order valence-electron chi connectivity index (χ0n) is 13.0. The first-order valence-electron chi connectivity index (χ1n) is 7.26. The van der Waals surface area contributed by atoms with Crippen LogP contribution in [0.25, 0.3) is 0 Å². The third-order valence-corrected chi connectivity index (χ3v) is 4.51. The predicted molar refractivity (Wildman–Crippen MR) is 79.5 cm³/mol. The molecule has 1 aliphatic rings. The smallest absolute Gasteiger partial charge is 0.125 e. The van der Waals surface area contributed by atoms with E-state index in [0.717, 1.165) is 11.5 Å². The van der Waals surface area contributed by atoms with Crippen molar-refractivity contribution in [3.8, 4) is 11.5 Å². The highest BCUT2D eigenvalue weighted by Gasteiger charge is 2.33. The van der Waals surface area contributed by atoms with Gasteiger partial charge in [-0.15, -0.1) is 0 Å². The summed E-state index contributed by atoms with van der Waals surface area (Å²) < 4.78 is 11.4. The number of hydrogen-bond donors (Lipinski definition) is 0. The molecular formula is C17H26O2. The number of aryl methyl sites for hydroxylation is 1. The van der Waals surface area contributed by atoms with E-state index in [1.165, 1.54) is 29.5 Å². The summed E-state index contributed by atoms with van der Waals surface area (Å²) in [5, 5.41) is 0. The Hall–Kier alpha value is -1.18. The largest absolute Gasteiger partial charge is 0.496 e. The van der Waals surface area contributed by atoms with E-state index in [4.69, 9.17) is 9.47 Å². The number of benzene rings is 1. The molecule has 2 atom stereocenters. The van der Waals surface area contributed by atoms with Crippen LogP contribution in [0.15, 0.2) is 6.07 Å². The van der Waals surface area contributed by atoms with Crippen molar-refractivity contribution in [3.05, 3.63) is 22.8 Å². The molecule has 2 rings (SSSR count). The van der Waals surface area contributed by atoms with E-state index in [0.29, 0.717) is 17.8 Å². The van der Waals surface area contributed by atoms with Crippen LogP contribution in [0.1, 0.15) is 62.1 Å². The highest BCUT2D eigenvalue weighted by atomic mass is 16.5. The van der Waals surface area contributed by atoms with Crippen LogP contribution in [0.4, 0.5) is 0 Å². The lowest BCUT2D eigenvalue weighted by Gasteiger charge is -2.35. The number of fused-ring (bicyclic) bond motifs is 1. The van der Waals surface area contributed by atoms with Crippen molar-refractivity contribution in [1.29, 1.82) is 0 Å². The highest BCUT2D eigenvalue weighted by Crippen LogP contribution is 2.50. The molecule has 2 nitrogen and oxygen atoms in total. The molecule has 2 heteroatoms. The molecule has 0 saturated carbocycles. The topological polar surface area (TPSA) is 18.5 Å². The number of rotatable bonds is 3. The lowest BCUT2D eigenvalue weighted by Crippen LogP contribution is -2.19. The molecule has 106 valence electrons. The first kappa shape index (κ1) is 14.2. The summed E-state index contributed by atoms with van der Waals surface area (Å²) >= 11 is 0. The average Bonchev–Trinajstić information content (AvgIpc) is 2.37. The van der Waals surface area contributed by atoms with Gasteiger partial charge in [0, 0.05) is 11.1 Å². The third kappa shape index (κ3) is 2.33. The fourth-order valence-corrected chi connectivity index (χ4v) is 3.51. The summed E-state index contributed by atoms with van der Waals surface area (Å²) in [4.78, 5) is 0. The van der Waals surface area contributed by atoms with Crippen LogP contribution in [0.2, 0.25) is 0 Å². The summed E-state index contributed by atoms with van der Waals surface area (Å²) in [7, 11) is 3.55. The minimum Gasteiger partial charge on any atom is -0.496 e. The van der Waals surface area contributed by atoms with Crippen LogP contribution in [-0.4, -0.2) is 14.2 Å². The lowest BCUT2D eigenvalue weighted by molar-refractivity contribution is 0.348. The van der Waals surface area contributed by atoms with Crippen LogP contribution in [0.3, 0.4) is 0 Å². The molecule has 0 fully saturated rings. The predicted octanol–water partition coefficient (Wildman–Crippen LogP) is 4.65.